The summed E-state index contributed by atoms with van der Waals surface area (Å²) in [6.45, 7) is 7.51. The molecule has 6 nitrogen and oxygen atoms in total. The first-order valence-corrected chi connectivity index (χ1v) is 9.04. The highest BCUT2D eigenvalue weighted by Gasteiger charge is 2.22. The predicted octanol–water partition coefficient (Wildman–Crippen LogP) is 3.41. The fraction of sp³-hybridized carbons (Fsp3) is 0.368. The van der Waals surface area contributed by atoms with Crippen molar-refractivity contribution < 1.29 is 0 Å². The summed E-state index contributed by atoms with van der Waals surface area (Å²) >= 11 is 6.26. The molecule has 0 bridgehead atoms. The lowest BCUT2D eigenvalue weighted by Crippen LogP contribution is -2.32. The van der Waals surface area contributed by atoms with Crippen molar-refractivity contribution in [2.24, 2.45) is 7.05 Å². The lowest BCUT2D eigenvalue weighted by Gasteiger charge is -2.30. The lowest BCUT2D eigenvalue weighted by molar-refractivity contribution is 0.697. The highest BCUT2D eigenvalue weighted by molar-refractivity contribution is 6.30. The Bertz CT molecular complexity index is 994. The normalized spacial score (nSPS) is 13.8. The summed E-state index contributed by atoms with van der Waals surface area (Å²) in [5.41, 5.74) is 6.54. The van der Waals surface area contributed by atoms with Crippen LogP contribution < -0.4 is 4.90 Å². The molecule has 7 heteroatoms. The van der Waals surface area contributed by atoms with Crippen LogP contribution in [0.5, 0.6) is 0 Å². The standard InChI is InChI=1S/C19H21ClN6/c1-11-18(20)22-13(3)23-19(11)26-6-5-17-15(9-26)7-14(8-21-17)16-10-25(4)24-12(16)2/h7-8,10H,5-6,9H2,1-4H3. The molecule has 0 N–H and O–H groups in total. The first kappa shape index (κ1) is 17.0. The van der Waals surface area contributed by atoms with Gasteiger partial charge in [0.15, 0.2) is 0 Å². The second-order valence-electron chi connectivity index (χ2n) is 6.81. The van der Waals surface area contributed by atoms with Crippen LogP contribution in [0.2, 0.25) is 5.15 Å². The molecule has 1 aliphatic heterocycles. The third kappa shape index (κ3) is 2.94. The Morgan fingerprint density at radius 2 is 1.96 bits per heavy atom. The van der Waals surface area contributed by atoms with E-state index in [1.165, 1.54) is 5.56 Å². The van der Waals surface area contributed by atoms with Gasteiger partial charge in [0.1, 0.15) is 16.8 Å². The summed E-state index contributed by atoms with van der Waals surface area (Å²) in [7, 11) is 1.94. The summed E-state index contributed by atoms with van der Waals surface area (Å²) < 4.78 is 1.84. The molecule has 0 radical (unpaired) electrons. The third-order valence-electron chi connectivity index (χ3n) is 4.84. The Hall–Kier alpha value is -2.47. The average Bonchev–Trinajstić information content (AvgIpc) is 2.95. The summed E-state index contributed by atoms with van der Waals surface area (Å²) in [6.07, 6.45) is 4.88. The summed E-state index contributed by atoms with van der Waals surface area (Å²) in [4.78, 5) is 15.8. The molecule has 3 aromatic rings. The average molecular weight is 369 g/mol. The highest BCUT2D eigenvalue weighted by Crippen LogP contribution is 2.30. The van der Waals surface area contributed by atoms with Gasteiger partial charge in [-0.3, -0.25) is 9.67 Å². The summed E-state index contributed by atoms with van der Waals surface area (Å²) in [5.74, 6) is 1.61. The molecular weight excluding hydrogens is 348 g/mol. The van der Waals surface area contributed by atoms with Crippen LogP contribution in [-0.2, 0) is 20.0 Å². The molecule has 4 rings (SSSR count). The maximum atomic E-state index is 6.26. The third-order valence-corrected chi connectivity index (χ3v) is 5.20. The fourth-order valence-electron chi connectivity index (χ4n) is 3.53. The summed E-state index contributed by atoms with van der Waals surface area (Å²) in [6, 6.07) is 2.23. The number of hydrogen-bond acceptors (Lipinski definition) is 5. The minimum Gasteiger partial charge on any atom is -0.351 e. The number of aryl methyl sites for hydroxylation is 3. The second kappa shape index (κ2) is 6.36. The second-order valence-corrected chi connectivity index (χ2v) is 7.17. The number of aromatic nitrogens is 5. The number of rotatable bonds is 2. The molecular formula is C19H21ClN6. The van der Waals surface area contributed by atoms with Gasteiger partial charge in [0.05, 0.1) is 5.69 Å². The molecule has 0 aliphatic carbocycles. The molecule has 134 valence electrons. The van der Waals surface area contributed by atoms with Crippen molar-refractivity contribution in [1.82, 2.24) is 24.7 Å². The molecule has 3 aromatic heterocycles. The van der Waals surface area contributed by atoms with Gasteiger partial charge in [-0.1, -0.05) is 11.6 Å². The zero-order valence-corrected chi connectivity index (χ0v) is 16.2. The van der Waals surface area contributed by atoms with Crippen LogP contribution in [0.1, 0.15) is 28.3 Å². The number of hydrogen-bond donors (Lipinski definition) is 0. The zero-order valence-electron chi connectivity index (χ0n) is 15.4. The summed E-state index contributed by atoms with van der Waals surface area (Å²) in [5, 5.41) is 4.96. The van der Waals surface area contributed by atoms with Crippen LogP contribution >= 0.6 is 11.6 Å². The number of halogens is 1. The Balaban J connectivity index is 1.70. The van der Waals surface area contributed by atoms with Gasteiger partial charge in [0.2, 0.25) is 0 Å². The maximum Gasteiger partial charge on any atom is 0.137 e. The Morgan fingerprint density at radius 1 is 1.15 bits per heavy atom. The molecule has 0 amide bonds. The minimum absolute atomic E-state index is 0.524. The minimum atomic E-state index is 0.524. The number of fused-ring (bicyclic) bond motifs is 1. The van der Waals surface area contributed by atoms with Crippen molar-refractivity contribution in [2.75, 3.05) is 11.4 Å². The first-order valence-electron chi connectivity index (χ1n) is 8.66. The number of pyridine rings is 1. The van der Waals surface area contributed by atoms with Gasteiger partial charge in [-0.25, -0.2) is 9.97 Å². The van der Waals surface area contributed by atoms with Crippen LogP contribution in [0.3, 0.4) is 0 Å². The van der Waals surface area contributed by atoms with Crippen LogP contribution in [0.15, 0.2) is 18.5 Å². The molecule has 0 unspecified atom stereocenters. The molecule has 0 aromatic carbocycles. The van der Waals surface area contributed by atoms with Gasteiger partial charge >= 0.3 is 0 Å². The Labute approximate surface area is 157 Å². The van der Waals surface area contributed by atoms with E-state index in [9.17, 15) is 0 Å². The monoisotopic (exact) mass is 368 g/mol. The Kier molecular flexibility index (Phi) is 4.15. The topological polar surface area (TPSA) is 59.7 Å². The smallest absolute Gasteiger partial charge is 0.137 e. The van der Waals surface area contributed by atoms with E-state index in [4.69, 9.17) is 16.6 Å². The van der Waals surface area contributed by atoms with E-state index in [0.717, 1.165) is 53.4 Å². The predicted molar refractivity (Wildman–Crippen MR) is 102 cm³/mol. The first-order chi connectivity index (χ1) is 12.4. The molecule has 1 aliphatic rings. The molecule has 4 heterocycles. The van der Waals surface area contributed by atoms with Crippen LogP contribution in [0.4, 0.5) is 5.82 Å². The van der Waals surface area contributed by atoms with E-state index in [1.807, 2.05) is 44.9 Å². The van der Waals surface area contributed by atoms with Crippen LogP contribution in [0, 0.1) is 20.8 Å². The van der Waals surface area contributed by atoms with E-state index in [2.05, 4.69) is 26.0 Å². The van der Waals surface area contributed by atoms with Crippen molar-refractivity contribution in [2.45, 2.75) is 33.7 Å². The van der Waals surface area contributed by atoms with E-state index in [1.54, 1.807) is 0 Å². The van der Waals surface area contributed by atoms with Gasteiger partial charge in [-0.05, 0) is 32.4 Å². The van der Waals surface area contributed by atoms with E-state index in [0.29, 0.717) is 11.0 Å². The van der Waals surface area contributed by atoms with Gasteiger partial charge < -0.3 is 4.90 Å². The largest absolute Gasteiger partial charge is 0.351 e. The van der Waals surface area contributed by atoms with Crippen molar-refractivity contribution in [1.29, 1.82) is 0 Å². The van der Waals surface area contributed by atoms with Crippen molar-refractivity contribution in [3.8, 4) is 11.1 Å². The highest BCUT2D eigenvalue weighted by atomic mass is 35.5. The molecule has 0 saturated heterocycles. The van der Waals surface area contributed by atoms with E-state index >= 15 is 0 Å². The van der Waals surface area contributed by atoms with E-state index in [-0.39, 0.29) is 0 Å². The molecule has 0 atom stereocenters. The molecule has 0 spiro atoms. The lowest BCUT2D eigenvalue weighted by atomic mass is 10.0. The maximum absolute atomic E-state index is 6.26. The van der Waals surface area contributed by atoms with Crippen LogP contribution in [-0.4, -0.2) is 31.3 Å². The molecule has 0 saturated carbocycles. The molecule has 0 fully saturated rings. The van der Waals surface area contributed by atoms with Gasteiger partial charge in [-0.2, -0.15) is 5.10 Å². The van der Waals surface area contributed by atoms with Gasteiger partial charge in [0.25, 0.3) is 0 Å². The fourth-order valence-corrected chi connectivity index (χ4v) is 3.73. The van der Waals surface area contributed by atoms with Crippen molar-refractivity contribution in [3.05, 3.63) is 52.0 Å². The van der Waals surface area contributed by atoms with Crippen molar-refractivity contribution in [3.63, 3.8) is 0 Å². The zero-order chi connectivity index (χ0) is 18.4. The molecule has 26 heavy (non-hydrogen) atoms. The number of anilines is 1. The number of nitrogens with zero attached hydrogens (tertiary/aromatic N) is 6. The van der Waals surface area contributed by atoms with Crippen molar-refractivity contribution >= 4 is 17.4 Å². The van der Waals surface area contributed by atoms with E-state index < -0.39 is 0 Å². The SMILES string of the molecule is Cc1nc(Cl)c(C)c(N2CCc3ncc(-c4cn(C)nc4C)cc3C2)n1. The van der Waals surface area contributed by atoms with Gasteiger partial charge in [0, 0.05) is 61.3 Å². The van der Waals surface area contributed by atoms with Crippen LogP contribution in [0.25, 0.3) is 11.1 Å². The quantitative estimate of drug-likeness (QED) is 0.649. The van der Waals surface area contributed by atoms with Gasteiger partial charge in [-0.15, -0.1) is 0 Å². The Morgan fingerprint density at radius 3 is 2.69 bits per heavy atom.